The minimum Gasteiger partial charge on any atom is -0.344 e. The molecule has 0 aromatic heterocycles. The molecule has 19 heavy (non-hydrogen) atoms. The summed E-state index contributed by atoms with van der Waals surface area (Å²) < 4.78 is 26.2. The maximum absolute atomic E-state index is 13.5. The van der Waals surface area contributed by atoms with Gasteiger partial charge in [0.1, 0.15) is 11.6 Å². The van der Waals surface area contributed by atoms with Crippen molar-refractivity contribution in [3.05, 3.63) is 35.4 Å². The highest BCUT2D eigenvalue weighted by molar-refractivity contribution is 5.78. The Bertz CT molecular complexity index is 459. The van der Waals surface area contributed by atoms with Crippen molar-refractivity contribution in [3.63, 3.8) is 0 Å². The van der Waals surface area contributed by atoms with Gasteiger partial charge in [-0.15, -0.1) is 0 Å². The van der Waals surface area contributed by atoms with Crippen molar-refractivity contribution in [2.45, 2.75) is 25.3 Å². The van der Waals surface area contributed by atoms with Gasteiger partial charge in [-0.1, -0.05) is 6.07 Å². The molecule has 0 radical (unpaired) electrons. The predicted octanol–water partition coefficient (Wildman–Crippen LogP) is 1.72. The molecule has 0 aliphatic carbocycles. The number of rotatable bonds is 4. The first kappa shape index (κ1) is 13.9. The lowest BCUT2D eigenvalue weighted by molar-refractivity contribution is -0.129. The van der Waals surface area contributed by atoms with E-state index >= 15 is 0 Å². The smallest absolute Gasteiger partial charge is 0.226 e. The van der Waals surface area contributed by atoms with Crippen LogP contribution in [0.5, 0.6) is 0 Å². The fourth-order valence-corrected chi connectivity index (χ4v) is 2.31. The van der Waals surface area contributed by atoms with E-state index in [4.69, 9.17) is 0 Å². The number of likely N-dealkylation sites (N-methyl/N-ethyl adjacent to an activating group) is 1. The third-order valence-electron chi connectivity index (χ3n) is 3.44. The van der Waals surface area contributed by atoms with Gasteiger partial charge in [0.15, 0.2) is 0 Å². The molecule has 1 aliphatic heterocycles. The second kappa shape index (κ2) is 6.10. The van der Waals surface area contributed by atoms with Crippen molar-refractivity contribution in [1.82, 2.24) is 10.2 Å². The van der Waals surface area contributed by atoms with Crippen molar-refractivity contribution < 1.29 is 13.6 Å². The van der Waals surface area contributed by atoms with Gasteiger partial charge in [0.2, 0.25) is 5.91 Å². The van der Waals surface area contributed by atoms with E-state index in [0.717, 1.165) is 25.5 Å². The van der Waals surface area contributed by atoms with E-state index in [1.807, 2.05) is 0 Å². The van der Waals surface area contributed by atoms with Crippen molar-refractivity contribution in [1.29, 1.82) is 0 Å². The van der Waals surface area contributed by atoms with Crippen LogP contribution >= 0.6 is 0 Å². The molecule has 1 aromatic rings. The molecule has 1 N–H and O–H groups in total. The third kappa shape index (κ3) is 3.73. The summed E-state index contributed by atoms with van der Waals surface area (Å²) in [5, 5.41) is 3.31. The molecule has 3 nitrogen and oxygen atoms in total. The van der Waals surface area contributed by atoms with Gasteiger partial charge in [-0.2, -0.15) is 0 Å². The molecule has 104 valence electrons. The van der Waals surface area contributed by atoms with Gasteiger partial charge in [0, 0.05) is 25.7 Å². The second-order valence-electron chi connectivity index (χ2n) is 4.98. The van der Waals surface area contributed by atoms with Crippen molar-refractivity contribution in [2.75, 3.05) is 20.1 Å². The molecule has 1 heterocycles. The van der Waals surface area contributed by atoms with Crippen molar-refractivity contribution in [2.24, 2.45) is 0 Å². The topological polar surface area (TPSA) is 32.3 Å². The molecular weight excluding hydrogens is 250 g/mol. The van der Waals surface area contributed by atoms with E-state index in [1.165, 1.54) is 12.1 Å². The Hall–Kier alpha value is -1.49. The van der Waals surface area contributed by atoms with Crippen molar-refractivity contribution >= 4 is 5.91 Å². The van der Waals surface area contributed by atoms with Crippen LogP contribution in [0.2, 0.25) is 0 Å². The SMILES string of the molecule is CN(CC1CCCN1)C(=O)Cc1ccc(F)cc1F. The third-order valence-corrected chi connectivity index (χ3v) is 3.44. The zero-order valence-electron chi connectivity index (χ0n) is 11.0. The van der Waals surface area contributed by atoms with E-state index < -0.39 is 11.6 Å². The lowest BCUT2D eigenvalue weighted by atomic mass is 10.1. The molecule has 0 bridgehead atoms. The summed E-state index contributed by atoms with van der Waals surface area (Å²) in [6, 6.07) is 3.63. The van der Waals surface area contributed by atoms with Gasteiger partial charge in [0.25, 0.3) is 0 Å². The average molecular weight is 268 g/mol. The molecule has 2 rings (SSSR count). The van der Waals surface area contributed by atoms with E-state index in [0.29, 0.717) is 12.6 Å². The molecule has 1 unspecified atom stereocenters. The Labute approximate surface area is 111 Å². The minimum atomic E-state index is -0.666. The Morgan fingerprint density at radius 1 is 1.47 bits per heavy atom. The molecule has 1 amide bonds. The van der Waals surface area contributed by atoms with Crippen molar-refractivity contribution in [3.8, 4) is 0 Å². The largest absolute Gasteiger partial charge is 0.344 e. The molecule has 1 fully saturated rings. The Kier molecular flexibility index (Phi) is 4.47. The van der Waals surface area contributed by atoms with Gasteiger partial charge >= 0.3 is 0 Å². The van der Waals surface area contributed by atoms with Gasteiger partial charge < -0.3 is 10.2 Å². The summed E-state index contributed by atoms with van der Waals surface area (Å²) in [5.41, 5.74) is 0.234. The maximum atomic E-state index is 13.5. The summed E-state index contributed by atoms with van der Waals surface area (Å²) in [6.07, 6.45) is 2.15. The summed E-state index contributed by atoms with van der Waals surface area (Å²) in [7, 11) is 1.71. The van der Waals surface area contributed by atoms with Gasteiger partial charge in [-0.05, 0) is 31.0 Å². The standard InChI is InChI=1S/C14H18F2N2O/c1-18(9-12-3-2-6-17-12)14(19)7-10-4-5-11(15)8-13(10)16/h4-5,8,12,17H,2-3,6-7,9H2,1H3. The van der Waals surface area contributed by atoms with Crippen LogP contribution in [-0.2, 0) is 11.2 Å². The number of carbonyl (C=O) groups excluding carboxylic acids is 1. The van der Waals surface area contributed by atoms with Gasteiger partial charge in [-0.25, -0.2) is 8.78 Å². The Morgan fingerprint density at radius 3 is 2.89 bits per heavy atom. The number of carbonyl (C=O) groups is 1. The highest BCUT2D eigenvalue weighted by Crippen LogP contribution is 2.12. The second-order valence-corrected chi connectivity index (χ2v) is 4.98. The molecular formula is C14H18F2N2O. The lowest BCUT2D eigenvalue weighted by Crippen LogP contribution is -2.39. The number of halogens is 2. The van der Waals surface area contributed by atoms with Crippen LogP contribution in [0, 0.1) is 11.6 Å². The fraction of sp³-hybridized carbons (Fsp3) is 0.500. The first-order valence-corrected chi connectivity index (χ1v) is 6.47. The summed E-state index contributed by atoms with van der Waals surface area (Å²) in [6.45, 7) is 1.61. The van der Waals surface area contributed by atoms with Gasteiger partial charge in [0.05, 0.1) is 6.42 Å². The monoisotopic (exact) mass is 268 g/mol. The minimum absolute atomic E-state index is 0.0324. The maximum Gasteiger partial charge on any atom is 0.226 e. The molecule has 5 heteroatoms. The zero-order chi connectivity index (χ0) is 13.8. The first-order chi connectivity index (χ1) is 9.06. The van der Waals surface area contributed by atoms with Crippen LogP contribution in [0.3, 0.4) is 0 Å². The lowest BCUT2D eigenvalue weighted by Gasteiger charge is -2.21. The molecule has 0 saturated carbocycles. The quantitative estimate of drug-likeness (QED) is 0.901. The first-order valence-electron chi connectivity index (χ1n) is 6.47. The Morgan fingerprint density at radius 2 is 2.26 bits per heavy atom. The number of hydrogen-bond acceptors (Lipinski definition) is 2. The summed E-state index contributed by atoms with van der Waals surface area (Å²) in [4.78, 5) is 13.6. The van der Waals surface area contributed by atoms with Crippen LogP contribution in [0.15, 0.2) is 18.2 Å². The number of nitrogens with one attached hydrogen (secondary N) is 1. The van der Waals surface area contributed by atoms with Crippen LogP contribution in [0.4, 0.5) is 8.78 Å². The summed E-state index contributed by atoms with van der Waals surface area (Å²) >= 11 is 0. The number of amides is 1. The predicted molar refractivity (Wildman–Crippen MR) is 68.7 cm³/mol. The average Bonchev–Trinajstić information content (AvgIpc) is 2.85. The van der Waals surface area contributed by atoms with Gasteiger partial charge in [-0.3, -0.25) is 4.79 Å². The van der Waals surface area contributed by atoms with E-state index in [2.05, 4.69) is 5.32 Å². The molecule has 1 saturated heterocycles. The fourth-order valence-electron chi connectivity index (χ4n) is 2.31. The van der Waals surface area contributed by atoms with Crippen LogP contribution in [0.1, 0.15) is 18.4 Å². The molecule has 0 spiro atoms. The van der Waals surface area contributed by atoms with E-state index in [-0.39, 0.29) is 17.9 Å². The number of hydrogen-bond donors (Lipinski definition) is 1. The van der Waals surface area contributed by atoms with E-state index in [1.54, 1.807) is 11.9 Å². The highest BCUT2D eigenvalue weighted by Gasteiger charge is 2.19. The summed E-state index contributed by atoms with van der Waals surface area (Å²) in [5.74, 6) is -1.45. The van der Waals surface area contributed by atoms with Crippen LogP contribution < -0.4 is 5.32 Å². The normalized spacial score (nSPS) is 18.6. The number of benzene rings is 1. The van der Waals surface area contributed by atoms with Crippen LogP contribution in [-0.4, -0.2) is 37.0 Å². The highest BCUT2D eigenvalue weighted by atomic mass is 19.1. The molecule has 1 aromatic carbocycles. The Balaban J connectivity index is 1.92. The molecule has 1 aliphatic rings. The molecule has 1 atom stereocenters. The van der Waals surface area contributed by atoms with Crippen LogP contribution in [0.25, 0.3) is 0 Å². The van der Waals surface area contributed by atoms with E-state index in [9.17, 15) is 13.6 Å². The zero-order valence-corrected chi connectivity index (χ0v) is 11.0. The number of nitrogens with zero attached hydrogens (tertiary/aromatic N) is 1.